The van der Waals surface area contributed by atoms with Gasteiger partial charge in [0.05, 0.1) is 25.0 Å². The lowest BCUT2D eigenvalue weighted by atomic mass is 10.0. The Morgan fingerprint density at radius 1 is 1.23 bits per heavy atom. The number of methoxy groups -OCH3 is 1. The first-order valence-corrected chi connectivity index (χ1v) is 10.8. The van der Waals surface area contributed by atoms with Crippen LogP contribution in [0.3, 0.4) is 0 Å². The van der Waals surface area contributed by atoms with E-state index in [1.54, 1.807) is 12.1 Å². The highest BCUT2D eigenvalue weighted by atomic mass is 35.5. The molecule has 0 unspecified atom stereocenters. The summed E-state index contributed by atoms with van der Waals surface area (Å²) in [5, 5.41) is 19.7. The van der Waals surface area contributed by atoms with Crippen molar-refractivity contribution in [3.05, 3.63) is 40.9 Å². The number of aliphatic hydroxyl groups is 1. The molecule has 1 fully saturated rings. The van der Waals surface area contributed by atoms with Crippen LogP contribution in [0.15, 0.2) is 24.5 Å². The Kier molecular flexibility index (Phi) is 7.72. The predicted molar refractivity (Wildman–Crippen MR) is 121 cm³/mol. The van der Waals surface area contributed by atoms with E-state index in [1.807, 2.05) is 6.92 Å². The van der Waals surface area contributed by atoms with E-state index in [-0.39, 0.29) is 16.4 Å². The molecule has 0 radical (unpaired) electrons. The number of carbonyl (C=O) groups excluding carboxylic acids is 1. The normalized spacial score (nSPS) is 13.4. The third-order valence-electron chi connectivity index (χ3n) is 4.62. The Morgan fingerprint density at radius 2 is 1.97 bits per heavy atom. The molecule has 164 valence electrons. The van der Waals surface area contributed by atoms with Gasteiger partial charge in [-0.15, -0.1) is 10.2 Å². The molecule has 0 spiro atoms. The molecule has 3 aromatic heterocycles. The number of aromatic nitrogens is 4. The minimum absolute atomic E-state index is 0.0463. The van der Waals surface area contributed by atoms with Crippen LogP contribution in [0.1, 0.15) is 41.7 Å². The SMILES string of the molecule is COc1cnc(Cl)cc1-c1cc(C)ncc1C(=O)Nc1nnc(N)s1.OC1CCCC1. The number of pyridine rings is 2. The first-order valence-electron chi connectivity index (χ1n) is 9.62. The monoisotopic (exact) mass is 462 g/mol. The van der Waals surface area contributed by atoms with Crippen molar-refractivity contribution in [2.24, 2.45) is 0 Å². The van der Waals surface area contributed by atoms with Crippen molar-refractivity contribution in [3.63, 3.8) is 0 Å². The van der Waals surface area contributed by atoms with Crippen LogP contribution in [0.5, 0.6) is 5.75 Å². The lowest BCUT2D eigenvalue weighted by molar-refractivity contribution is 0.102. The smallest absolute Gasteiger partial charge is 0.259 e. The fourth-order valence-corrected chi connectivity index (χ4v) is 3.77. The van der Waals surface area contributed by atoms with E-state index in [1.165, 1.54) is 32.3 Å². The van der Waals surface area contributed by atoms with Crippen molar-refractivity contribution >= 4 is 39.1 Å². The van der Waals surface area contributed by atoms with Gasteiger partial charge in [-0.25, -0.2) is 4.98 Å². The molecule has 9 nitrogen and oxygen atoms in total. The molecule has 31 heavy (non-hydrogen) atoms. The van der Waals surface area contributed by atoms with Crippen molar-refractivity contribution in [1.29, 1.82) is 0 Å². The summed E-state index contributed by atoms with van der Waals surface area (Å²) < 4.78 is 5.34. The molecular formula is C20H23ClN6O3S. The van der Waals surface area contributed by atoms with E-state index in [9.17, 15) is 4.79 Å². The molecule has 11 heteroatoms. The van der Waals surface area contributed by atoms with E-state index in [0.29, 0.717) is 27.6 Å². The van der Waals surface area contributed by atoms with Gasteiger partial charge in [-0.2, -0.15) is 0 Å². The number of aliphatic hydroxyl groups excluding tert-OH is 1. The van der Waals surface area contributed by atoms with E-state index >= 15 is 0 Å². The highest BCUT2D eigenvalue weighted by Crippen LogP contribution is 2.34. The van der Waals surface area contributed by atoms with Gasteiger partial charge in [-0.05, 0) is 31.9 Å². The number of hydrogen-bond donors (Lipinski definition) is 3. The summed E-state index contributed by atoms with van der Waals surface area (Å²) in [7, 11) is 1.52. The summed E-state index contributed by atoms with van der Waals surface area (Å²) >= 11 is 7.09. The maximum Gasteiger partial charge on any atom is 0.259 e. The van der Waals surface area contributed by atoms with Crippen molar-refractivity contribution in [2.75, 3.05) is 18.2 Å². The number of nitrogens with two attached hydrogens (primary N) is 1. The third-order valence-corrected chi connectivity index (χ3v) is 5.49. The fourth-order valence-electron chi connectivity index (χ4n) is 3.11. The summed E-state index contributed by atoms with van der Waals surface area (Å²) in [6.45, 7) is 1.83. The summed E-state index contributed by atoms with van der Waals surface area (Å²) in [6, 6.07) is 3.41. The fraction of sp³-hybridized carbons (Fsp3) is 0.350. The van der Waals surface area contributed by atoms with Crippen molar-refractivity contribution in [1.82, 2.24) is 20.2 Å². The topological polar surface area (TPSA) is 136 Å². The van der Waals surface area contributed by atoms with Crippen LogP contribution in [-0.2, 0) is 0 Å². The molecule has 3 aromatic rings. The van der Waals surface area contributed by atoms with Crippen LogP contribution in [-0.4, -0.2) is 44.4 Å². The van der Waals surface area contributed by atoms with Gasteiger partial charge in [-0.1, -0.05) is 35.8 Å². The number of anilines is 2. The second kappa shape index (κ2) is 10.5. The Hall–Kier alpha value is -2.82. The maximum atomic E-state index is 12.7. The lowest BCUT2D eigenvalue weighted by Gasteiger charge is -2.13. The molecule has 0 saturated heterocycles. The Labute approximate surface area is 188 Å². The molecule has 0 atom stereocenters. The van der Waals surface area contributed by atoms with Crippen molar-refractivity contribution in [3.8, 4) is 16.9 Å². The number of ether oxygens (including phenoxy) is 1. The van der Waals surface area contributed by atoms with Crippen molar-refractivity contribution in [2.45, 2.75) is 38.7 Å². The number of carbonyl (C=O) groups is 1. The number of amides is 1. The van der Waals surface area contributed by atoms with Crippen LogP contribution >= 0.6 is 22.9 Å². The number of aryl methyl sites for hydroxylation is 1. The van der Waals surface area contributed by atoms with Gasteiger partial charge < -0.3 is 15.6 Å². The molecule has 0 aromatic carbocycles. The minimum atomic E-state index is -0.395. The van der Waals surface area contributed by atoms with Crippen LogP contribution in [0.25, 0.3) is 11.1 Å². The lowest BCUT2D eigenvalue weighted by Crippen LogP contribution is -2.14. The molecular weight excluding hydrogens is 440 g/mol. The Bertz CT molecular complexity index is 1060. The minimum Gasteiger partial charge on any atom is -0.494 e. The van der Waals surface area contributed by atoms with E-state index < -0.39 is 5.91 Å². The van der Waals surface area contributed by atoms with Gasteiger partial charge in [0, 0.05) is 23.0 Å². The molecule has 4 rings (SSSR count). The van der Waals surface area contributed by atoms with Gasteiger partial charge in [0.25, 0.3) is 5.91 Å². The van der Waals surface area contributed by atoms with Crippen molar-refractivity contribution < 1.29 is 14.6 Å². The van der Waals surface area contributed by atoms with E-state index in [2.05, 4.69) is 25.5 Å². The number of nitrogens with one attached hydrogen (secondary N) is 1. The predicted octanol–water partition coefficient (Wildman–Crippen LogP) is 3.72. The number of hydrogen-bond acceptors (Lipinski definition) is 9. The third kappa shape index (κ3) is 6.09. The number of nitrogens with zero attached hydrogens (tertiary/aromatic N) is 4. The standard InChI is InChI=1S/C15H13ClN6O2S.C5H10O/c1-7-3-8(9-4-12(16)19-6-11(9)24-2)10(5-18-7)13(23)20-15-22-21-14(17)25-15;6-5-3-1-2-4-5/h3-6H,1-2H3,(H2,17,21)(H,20,22,23);5-6H,1-4H2. The molecule has 1 aliphatic rings. The van der Waals surface area contributed by atoms with Gasteiger partial charge >= 0.3 is 0 Å². The van der Waals surface area contributed by atoms with E-state index in [4.69, 9.17) is 27.2 Å². The zero-order chi connectivity index (χ0) is 22.4. The molecule has 0 bridgehead atoms. The van der Waals surface area contributed by atoms with Gasteiger partial charge in [0.2, 0.25) is 10.3 Å². The molecule has 1 saturated carbocycles. The summed E-state index contributed by atoms with van der Waals surface area (Å²) in [5.74, 6) is 0.0952. The molecule has 0 aliphatic heterocycles. The Balaban J connectivity index is 0.000000391. The highest BCUT2D eigenvalue weighted by molar-refractivity contribution is 7.19. The molecule has 1 aliphatic carbocycles. The summed E-state index contributed by atoms with van der Waals surface area (Å²) in [4.78, 5) is 20.9. The maximum absolute atomic E-state index is 12.7. The molecule has 4 N–H and O–H groups in total. The number of halogens is 1. The quantitative estimate of drug-likeness (QED) is 0.499. The van der Waals surface area contributed by atoms with E-state index in [0.717, 1.165) is 29.9 Å². The first kappa shape index (κ1) is 22.9. The van der Waals surface area contributed by atoms with Crippen LogP contribution in [0, 0.1) is 6.92 Å². The summed E-state index contributed by atoms with van der Waals surface area (Å²) in [5.41, 5.74) is 7.85. The summed E-state index contributed by atoms with van der Waals surface area (Å²) in [6.07, 6.45) is 7.59. The average Bonchev–Trinajstić information content (AvgIpc) is 3.39. The van der Waals surface area contributed by atoms with Crippen LogP contribution in [0.4, 0.5) is 10.3 Å². The highest BCUT2D eigenvalue weighted by Gasteiger charge is 2.19. The van der Waals surface area contributed by atoms with Gasteiger partial charge in [0.15, 0.2) is 0 Å². The van der Waals surface area contributed by atoms with Gasteiger partial charge in [0.1, 0.15) is 10.9 Å². The second-order valence-electron chi connectivity index (χ2n) is 6.92. The first-order chi connectivity index (χ1) is 14.9. The van der Waals surface area contributed by atoms with Crippen LogP contribution < -0.4 is 15.8 Å². The number of rotatable bonds is 4. The number of nitrogen functional groups attached to an aromatic ring is 1. The zero-order valence-electron chi connectivity index (χ0n) is 17.1. The second-order valence-corrected chi connectivity index (χ2v) is 8.31. The zero-order valence-corrected chi connectivity index (χ0v) is 18.7. The van der Waals surface area contributed by atoms with Crippen LogP contribution in [0.2, 0.25) is 5.15 Å². The molecule has 1 amide bonds. The average molecular weight is 463 g/mol. The molecule has 3 heterocycles. The van der Waals surface area contributed by atoms with Gasteiger partial charge in [-0.3, -0.25) is 15.1 Å². The Morgan fingerprint density at radius 3 is 2.55 bits per heavy atom. The largest absolute Gasteiger partial charge is 0.494 e.